The summed E-state index contributed by atoms with van der Waals surface area (Å²) in [5, 5.41) is 6.53. The van der Waals surface area contributed by atoms with Crippen molar-refractivity contribution in [3.63, 3.8) is 0 Å². The van der Waals surface area contributed by atoms with Crippen LogP contribution in [0.4, 0.5) is 0 Å². The molecule has 0 saturated carbocycles. The second-order valence-electron chi connectivity index (χ2n) is 4.93. The van der Waals surface area contributed by atoms with Gasteiger partial charge in [0.05, 0.1) is 10.7 Å². The van der Waals surface area contributed by atoms with Crippen LogP contribution in [0.1, 0.15) is 31.5 Å². The van der Waals surface area contributed by atoms with Gasteiger partial charge in [0, 0.05) is 38.1 Å². The highest BCUT2D eigenvalue weighted by Gasteiger charge is 2.17. The van der Waals surface area contributed by atoms with Crippen LogP contribution in [0.25, 0.3) is 0 Å². The molecule has 1 rings (SSSR count). The summed E-state index contributed by atoms with van der Waals surface area (Å²) in [6, 6.07) is 0. The lowest BCUT2D eigenvalue weighted by Gasteiger charge is -2.14. The van der Waals surface area contributed by atoms with Gasteiger partial charge in [-0.05, 0) is 0 Å². The van der Waals surface area contributed by atoms with Crippen LogP contribution in [0, 0.1) is 0 Å². The lowest BCUT2D eigenvalue weighted by molar-refractivity contribution is -0.0989. The van der Waals surface area contributed by atoms with Crippen LogP contribution in [0.5, 0.6) is 0 Å². The van der Waals surface area contributed by atoms with Crippen molar-refractivity contribution in [2.75, 3.05) is 20.8 Å². The summed E-state index contributed by atoms with van der Waals surface area (Å²) in [4.78, 5) is 4.60. The second kappa shape index (κ2) is 6.44. The Morgan fingerprint density at radius 1 is 1.35 bits per heavy atom. The molecule has 4 nitrogen and oxygen atoms in total. The predicted octanol–water partition coefficient (Wildman–Crippen LogP) is 2.15. The molecule has 1 heterocycles. The van der Waals surface area contributed by atoms with Crippen LogP contribution in [0.15, 0.2) is 5.38 Å². The lowest BCUT2D eigenvalue weighted by atomic mass is 9.98. The molecule has 0 radical (unpaired) electrons. The SMILES string of the molecule is COC(CNCc1csc(C(C)(C)C)n1)OC. The topological polar surface area (TPSA) is 43.4 Å². The number of hydrogen-bond acceptors (Lipinski definition) is 5. The molecule has 0 aliphatic carbocycles. The summed E-state index contributed by atoms with van der Waals surface area (Å²) in [6.07, 6.45) is -0.198. The highest BCUT2D eigenvalue weighted by Crippen LogP contribution is 2.25. The van der Waals surface area contributed by atoms with Crippen LogP contribution in [0.3, 0.4) is 0 Å². The maximum atomic E-state index is 5.09. The van der Waals surface area contributed by atoms with Crippen molar-refractivity contribution >= 4 is 11.3 Å². The fraction of sp³-hybridized carbons (Fsp3) is 0.750. The van der Waals surface area contributed by atoms with E-state index >= 15 is 0 Å². The molecule has 0 spiro atoms. The van der Waals surface area contributed by atoms with Crippen molar-refractivity contribution in [2.45, 2.75) is 39.0 Å². The van der Waals surface area contributed by atoms with Crippen molar-refractivity contribution in [3.8, 4) is 0 Å². The molecular formula is C12H22N2O2S. The largest absolute Gasteiger partial charge is 0.355 e. The molecule has 0 fully saturated rings. The van der Waals surface area contributed by atoms with Crippen LogP contribution >= 0.6 is 11.3 Å². The fourth-order valence-corrected chi connectivity index (χ4v) is 2.22. The summed E-state index contributed by atoms with van der Waals surface area (Å²) in [5.74, 6) is 0. The summed E-state index contributed by atoms with van der Waals surface area (Å²) < 4.78 is 10.2. The number of nitrogens with one attached hydrogen (secondary N) is 1. The first kappa shape index (κ1) is 14.6. The number of methoxy groups -OCH3 is 2. The molecule has 98 valence electrons. The van der Waals surface area contributed by atoms with E-state index < -0.39 is 0 Å². The van der Waals surface area contributed by atoms with Crippen molar-refractivity contribution in [3.05, 3.63) is 16.1 Å². The van der Waals surface area contributed by atoms with E-state index in [4.69, 9.17) is 9.47 Å². The fourth-order valence-electron chi connectivity index (χ4n) is 1.31. The first-order valence-corrected chi connectivity index (χ1v) is 6.56. The maximum Gasteiger partial charge on any atom is 0.169 e. The molecule has 0 saturated heterocycles. The molecular weight excluding hydrogens is 236 g/mol. The Hall–Kier alpha value is -0.490. The van der Waals surface area contributed by atoms with Gasteiger partial charge in [-0.3, -0.25) is 0 Å². The van der Waals surface area contributed by atoms with Gasteiger partial charge in [0.2, 0.25) is 0 Å². The molecule has 0 atom stereocenters. The Kier molecular flexibility index (Phi) is 5.52. The predicted molar refractivity (Wildman–Crippen MR) is 70.3 cm³/mol. The van der Waals surface area contributed by atoms with Gasteiger partial charge < -0.3 is 14.8 Å². The van der Waals surface area contributed by atoms with Crippen LogP contribution in [-0.2, 0) is 21.4 Å². The molecule has 0 unspecified atom stereocenters. The molecule has 0 aliphatic rings. The average molecular weight is 258 g/mol. The second-order valence-corrected chi connectivity index (χ2v) is 5.78. The van der Waals surface area contributed by atoms with Crippen molar-refractivity contribution in [2.24, 2.45) is 0 Å². The minimum atomic E-state index is -0.198. The smallest absolute Gasteiger partial charge is 0.169 e. The van der Waals surface area contributed by atoms with Crippen molar-refractivity contribution in [1.82, 2.24) is 10.3 Å². The summed E-state index contributed by atoms with van der Waals surface area (Å²) in [5.41, 5.74) is 1.20. The van der Waals surface area contributed by atoms with E-state index in [1.54, 1.807) is 25.6 Å². The van der Waals surface area contributed by atoms with Crippen LogP contribution in [0.2, 0.25) is 0 Å². The number of nitrogens with zero attached hydrogens (tertiary/aromatic N) is 1. The standard InChI is InChI=1S/C12H22N2O2S/c1-12(2,3)11-14-9(8-17-11)6-13-7-10(15-4)16-5/h8,10,13H,6-7H2,1-5H3. The first-order valence-electron chi connectivity index (χ1n) is 5.68. The third-order valence-corrected chi connectivity index (χ3v) is 3.65. The Labute approximate surface area is 107 Å². The molecule has 5 heteroatoms. The van der Waals surface area contributed by atoms with E-state index in [1.165, 1.54) is 5.01 Å². The minimum Gasteiger partial charge on any atom is -0.355 e. The highest BCUT2D eigenvalue weighted by molar-refractivity contribution is 7.09. The molecule has 1 aromatic rings. The minimum absolute atomic E-state index is 0.129. The number of thiazole rings is 1. The number of hydrogen-bond donors (Lipinski definition) is 1. The van der Waals surface area contributed by atoms with E-state index in [2.05, 4.69) is 36.5 Å². The van der Waals surface area contributed by atoms with E-state index in [9.17, 15) is 0 Å². The molecule has 1 N–H and O–H groups in total. The zero-order valence-electron chi connectivity index (χ0n) is 11.2. The van der Waals surface area contributed by atoms with E-state index in [-0.39, 0.29) is 11.7 Å². The normalized spacial score (nSPS) is 12.4. The van der Waals surface area contributed by atoms with Gasteiger partial charge in [-0.1, -0.05) is 20.8 Å². The quantitative estimate of drug-likeness (QED) is 0.794. The Morgan fingerprint density at radius 3 is 2.47 bits per heavy atom. The average Bonchev–Trinajstić information content (AvgIpc) is 2.73. The number of rotatable bonds is 6. The number of ether oxygens (including phenoxy) is 2. The lowest BCUT2D eigenvalue weighted by Crippen LogP contribution is -2.29. The third-order valence-electron chi connectivity index (χ3n) is 2.34. The molecule has 0 aromatic carbocycles. The zero-order valence-corrected chi connectivity index (χ0v) is 12.1. The van der Waals surface area contributed by atoms with Gasteiger partial charge in [-0.25, -0.2) is 4.98 Å². The van der Waals surface area contributed by atoms with Gasteiger partial charge in [0.1, 0.15) is 0 Å². The molecule has 0 aliphatic heterocycles. The number of aromatic nitrogens is 1. The Bertz CT molecular complexity index is 329. The summed E-state index contributed by atoms with van der Waals surface area (Å²) in [6.45, 7) is 7.93. The molecule has 1 aromatic heterocycles. The maximum absolute atomic E-state index is 5.09. The van der Waals surface area contributed by atoms with Crippen LogP contribution in [-0.4, -0.2) is 32.0 Å². The van der Waals surface area contributed by atoms with E-state index in [1.807, 2.05) is 0 Å². The van der Waals surface area contributed by atoms with Gasteiger partial charge in [-0.15, -0.1) is 11.3 Å². The third kappa shape index (κ3) is 4.71. The molecule has 0 amide bonds. The van der Waals surface area contributed by atoms with E-state index in [0.29, 0.717) is 6.54 Å². The Balaban J connectivity index is 2.40. The summed E-state index contributed by atoms with van der Waals surface area (Å²) in [7, 11) is 3.27. The first-order chi connectivity index (χ1) is 7.97. The molecule has 0 bridgehead atoms. The van der Waals surface area contributed by atoms with Crippen LogP contribution < -0.4 is 5.32 Å². The molecule has 17 heavy (non-hydrogen) atoms. The van der Waals surface area contributed by atoms with E-state index in [0.717, 1.165) is 12.2 Å². The van der Waals surface area contributed by atoms with Crippen molar-refractivity contribution < 1.29 is 9.47 Å². The van der Waals surface area contributed by atoms with Gasteiger partial charge >= 0.3 is 0 Å². The van der Waals surface area contributed by atoms with Gasteiger partial charge in [0.25, 0.3) is 0 Å². The Morgan fingerprint density at radius 2 is 2.00 bits per heavy atom. The summed E-state index contributed by atoms with van der Waals surface area (Å²) >= 11 is 1.71. The monoisotopic (exact) mass is 258 g/mol. The van der Waals surface area contributed by atoms with Crippen molar-refractivity contribution in [1.29, 1.82) is 0 Å². The van der Waals surface area contributed by atoms with Gasteiger partial charge in [0.15, 0.2) is 6.29 Å². The highest BCUT2D eigenvalue weighted by atomic mass is 32.1. The zero-order chi connectivity index (χ0) is 12.9. The van der Waals surface area contributed by atoms with Gasteiger partial charge in [-0.2, -0.15) is 0 Å².